The normalized spacial score (nSPS) is 27.6. The summed E-state index contributed by atoms with van der Waals surface area (Å²) in [7, 11) is 1.59. The number of ether oxygens (including phenoxy) is 1. The van der Waals surface area contributed by atoms with E-state index < -0.39 is 0 Å². The molecule has 0 saturated heterocycles. The largest absolute Gasteiger partial charge is 0.383 e. The van der Waals surface area contributed by atoms with Crippen LogP contribution in [0.2, 0.25) is 0 Å². The minimum atomic E-state index is -0.359. The van der Waals surface area contributed by atoms with Crippen LogP contribution in [0.4, 0.5) is 0 Å². The lowest BCUT2D eigenvalue weighted by Crippen LogP contribution is -2.52. The van der Waals surface area contributed by atoms with Crippen LogP contribution in [0.5, 0.6) is 0 Å². The fourth-order valence-corrected chi connectivity index (χ4v) is 3.15. The molecule has 0 heterocycles. The number of methoxy groups -OCH3 is 1. The van der Waals surface area contributed by atoms with Gasteiger partial charge in [0.25, 0.3) is 0 Å². The van der Waals surface area contributed by atoms with Crippen LogP contribution in [0.15, 0.2) is 0 Å². The van der Waals surface area contributed by atoms with Crippen molar-refractivity contribution in [1.82, 2.24) is 5.32 Å². The first-order valence-corrected chi connectivity index (χ1v) is 7.05. The summed E-state index contributed by atoms with van der Waals surface area (Å²) in [5, 5.41) is 3.93. The number of rotatable bonds is 6. The quantitative estimate of drug-likeness (QED) is 0.726. The number of primary amides is 1. The topological polar surface area (TPSA) is 64.3 Å². The maximum atomic E-state index is 11.2. The number of hydrogen-bond donors (Lipinski definition) is 2. The molecule has 1 aliphatic rings. The SMILES string of the molecule is COCC(NC1CCCCC1SC)C(N)=O. The molecule has 0 spiro atoms. The summed E-state index contributed by atoms with van der Waals surface area (Å²) in [5.74, 6) is -0.327. The summed E-state index contributed by atoms with van der Waals surface area (Å²) in [5.41, 5.74) is 5.34. The van der Waals surface area contributed by atoms with E-state index in [9.17, 15) is 4.79 Å². The number of nitrogens with one attached hydrogen (secondary N) is 1. The van der Waals surface area contributed by atoms with E-state index in [0.29, 0.717) is 17.9 Å². The highest BCUT2D eigenvalue weighted by atomic mass is 32.2. The van der Waals surface area contributed by atoms with Gasteiger partial charge in [0, 0.05) is 18.4 Å². The fraction of sp³-hybridized carbons (Fsp3) is 0.909. The van der Waals surface area contributed by atoms with Gasteiger partial charge in [-0.05, 0) is 19.1 Å². The molecule has 5 heteroatoms. The third-order valence-corrected chi connectivity index (χ3v) is 4.27. The Labute approximate surface area is 102 Å². The molecule has 1 rings (SSSR count). The van der Waals surface area contributed by atoms with E-state index >= 15 is 0 Å². The number of hydrogen-bond acceptors (Lipinski definition) is 4. The maximum absolute atomic E-state index is 11.2. The van der Waals surface area contributed by atoms with Crippen LogP contribution in [0.1, 0.15) is 25.7 Å². The Morgan fingerprint density at radius 2 is 2.25 bits per heavy atom. The third-order valence-electron chi connectivity index (χ3n) is 3.10. The monoisotopic (exact) mass is 246 g/mol. The van der Waals surface area contributed by atoms with E-state index in [0.717, 1.165) is 6.42 Å². The molecule has 1 aliphatic carbocycles. The molecule has 0 aliphatic heterocycles. The molecular weight excluding hydrogens is 224 g/mol. The van der Waals surface area contributed by atoms with Crippen molar-refractivity contribution in [2.75, 3.05) is 20.0 Å². The molecule has 94 valence electrons. The second kappa shape index (κ2) is 7.14. The average molecular weight is 246 g/mol. The molecule has 16 heavy (non-hydrogen) atoms. The van der Waals surface area contributed by atoms with Crippen LogP contribution < -0.4 is 11.1 Å². The van der Waals surface area contributed by atoms with Gasteiger partial charge in [0.15, 0.2) is 0 Å². The predicted molar refractivity (Wildman–Crippen MR) is 67.6 cm³/mol. The van der Waals surface area contributed by atoms with Gasteiger partial charge in [0.05, 0.1) is 6.61 Å². The lowest BCUT2D eigenvalue weighted by molar-refractivity contribution is -0.121. The Morgan fingerprint density at radius 1 is 1.56 bits per heavy atom. The van der Waals surface area contributed by atoms with Gasteiger partial charge < -0.3 is 15.8 Å². The molecule has 1 saturated carbocycles. The second-order valence-corrected chi connectivity index (χ2v) is 5.32. The molecule has 0 bridgehead atoms. The number of carbonyl (C=O) groups excluding carboxylic acids is 1. The Morgan fingerprint density at radius 3 is 2.81 bits per heavy atom. The zero-order valence-electron chi connectivity index (χ0n) is 10.1. The van der Waals surface area contributed by atoms with Crippen LogP contribution in [0, 0.1) is 0 Å². The van der Waals surface area contributed by atoms with Crippen LogP contribution in [-0.4, -0.2) is 43.2 Å². The smallest absolute Gasteiger partial charge is 0.236 e. The molecular formula is C11H22N2O2S. The third kappa shape index (κ3) is 3.96. The second-order valence-electron chi connectivity index (χ2n) is 4.24. The minimum absolute atomic E-state index is 0.327. The van der Waals surface area contributed by atoms with E-state index in [1.54, 1.807) is 7.11 Å². The van der Waals surface area contributed by atoms with E-state index in [1.807, 2.05) is 11.8 Å². The van der Waals surface area contributed by atoms with Crippen molar-refractivity contribution >= 4 is 17.7 Å². The molecule has 4 nitrogen and oxygen atoms in total. The standard InChI is InChI=1S/C11H22N2O2S/c1-15-7-9(11(12)14)13-8-5-3-4-6-10(8)16-2/h8-10,13H,3-7H2,1-2H3,(H2,12,14). The first-order valence-electron chi connectivity index (χ1n) is 5.76. The van der Waals surface area contributed by atoms with Gasteiger partial charge in [-0.15, -0.1) is 0 Å². The maximum Gasteiger partial charge on any atom is 0.236 e. The Kier molecular flexibility index (Phi) is 6.16. The molecule has 1 amide bonds. The van der Waals surface area contributed by atoms with Crippen molar-refractivity contribution in [3.63, 3.8) is 0 Å². The van der Waals surface area contributed by atoms with Crippen molar-refractivity contribution in [3.8, 4) is 0 Å². The number of carbonyl (C=O) groups is 1. The summed E-state index contributed by atoms with van der Waals surface area (Å²) < 4.78 is 5.01. The average Bonchev–Trinajstić information content (AvgIpc) is 2.29. The Hall–Kier alpha value is -0.260. The Bertz CT molecular complexity index is 226. The highest BCUT2D eigenvalue weighted by Gasteiger charge is 2.28. The number of nitrogens with two attached hydrogens (primary N) is 1. The van der Waals surface area contributed by atoms with Gasteiger partial charge in [-0.1, -0.05) is 12.8 Å². The highest BCUT2D eigenvalue weighted by molar-refractivity contribution is 7.99. The van der Waals surface area contributed by atoms with Gasteiger partial charge in [-0.3, -0.25) is 4.79 Å². The summed E-state index contributed by atoms with van der Waals surface area (Å²) in [6.45, 7) is 0.354. The molecule has 0 aromatic carbocycles. The molecule has 0 aromatic heterocycles. The van der Waals surface area contributed by atoms with Crippen molar-refractivity contribution in [2.24, 2.45) is 5.73 Å². The van der Waals surface area contributed by atoms with Crippen LogP contribution >= 0.6 is 11.8 Å². The van der Waals surface area contributed by atoms with Gasteiger partial charge in [0.2, 0.25) is 5.91 Å². The van der Waals surface area contributed by atoms with Crippen molar-refractivity contribution in [1.29, 1.82) is 0 Å². The zero-order chi connectivity index (χ0) is 12.0. The first-order chi connectivity index (χ1) is 7.69. The summed E-state index contributed by atoms with van der Waals surface area (Å²) in [4.78, 5) is 11.2. The zero-order valence-corrected chi connectivity index (χ0v) is 10.9. The molecule has 0 radical (unpaired) electrons. The molecule has 3 atom stereocenters. The summed E-state index contributed by atoms with van der Waals surface area (Å²) in [6.07, 6.45) is 6.99. The lowest BCUT2D eigenvalue weighted by Gasteiger charge is -2.33. The van der Waals surface area contributed by atoms with Crippen LogP contribution in [-0.2, 0) is 9.53 Å². The van der Waals surface area contributed by atoms with Crippen molar-refractivity contribution in [3.05, 3.63) is 0 Å². The minimum Gasteiger partial charge on any atom is -0.383 e. The van der Waals surface area contributed by atoms with Gasteiger partial charge in [0.1, 0.15) is 6.04 Å². The van der Waals surface area contributed by atoms with Crippen LogP contribution in [0.25, 0.3) is 0 Å². The van der Waals surface area contributed by atoms with Crippen LogP contribution in [0.3, 0.4) is 0 Å². The molecule has 0 aromatic rings. The van der Waals surface area contributed by atoms with Crippen molar-refractivity contribution in [2.45, 2.75) is 43.0 Å². The van der Waals surface area contributed by atoms with Gasteiger partial charge in [-0.25, -0.2) is 0 Å². The van der Waals surface area contributed by atoms with Gasteiger partial charge >= 0.3 is 0 Å². The van der Waals surface area contributed by atoms with Gasteiger partial charge in [-0.2, -0.15) is 11.8 Å². The predicted octanol–water partition coefficient (Wildman–Crippen LogP) is 0.750. The van der Waals surface area contributed by atoms with E-state index in [-0.39, 0.29) is 11.9 Å². The number of thioether (sulfide) groups is 1. The van der Waals surface area contributed by atoms with E-state index in [2.05, 4.69) is 11.6 Å². The first kappa shape index (κ1) is 13.8. The van der Waals surface area contributed by atoms with E-state index in [4.69, 9.17) is 10.5 Å². The lowest BCUT2D eigenvalue weighted by atomic mass is 9.94. The highest BCUT2D eigenvalue weighted by Crippen LogP contribution is 2.27. The van der Waals surface area contributed by atoms with Crippen molar-refractivity contribution < 1.29 is 9.53 Å². The fourth-order valence-electron chi connectivity index (χ4n) is 2.21. The number of amides is 1. The van der Waals surface area contributed by atoms with E-state index in [1.165, 1.54) is 19.3 Å². The molecule has 1 fully saturated rings. The molecule has 3 N–H and O–H groups in total. The Balaban J connectivity index is 2.50. The summed E-state index contributed by atoms with van der Waals surface area (Å²) >= 11 is 1.87. The summed E-state index contributed by atoms with van der Waals surface area (Å²) in [6, 6.07) is 0.0270. The molecule has 3 unspecified atom stereocenters.